The first-order chi connectivity index (χ1) is 8.02. The van der Waals surface area contributed by atoms with Gasteiger partial charge < -0.3 is 4.90 Å². The lowest BCUT2D eigenvalue weighted by molar-refractivity contribution is -0.117. The summed E-state index contributed by atoms with van der Waals surface area (Å²) in [6.45, 7) is 0.295. The molecule has 0 aromatic heterocycles. The van der Waals surface area contributed by atoms with Crippen LogP contribution in [0.15, 0.2) is 12.1 Å². The summed E-state index contributed by atoms with van der Waals surface area (Å²) in [4.78, 5) is 13.0. The summed E-state index contributed by atoms with van der Waals surface area (Å²) in [7, 11) is 0. The highest BCUT2D eigenvalue weighted by molar-refractivity contribution is 6.35. The van der Waals surface area contributed by atoms with E-state index in [0.717, 1.165) is 0 Å². The van der Waals surface area contributed by atoms with Gasteiger partial charge >= 0.3 is 0 Å². The average molecular weight is 272 g/mol. The van der Waals surface area contributed by atoms with Crippen molar-refractivity contribution in [3.8, 4) is 12.3 Å². The fraction of sp³-hybridized carbons (Fsp3) is 0.250. The van der Waals surface area contributed by atoms with Crippen molar-refractivity contribution in [2.24, 2.45) is 5.92 Å². The minimum atomic E-state index is -0.651. The highest BCUT2D eigenvalue weighted by Crippen LogP contribution is 2.33. The predicted octanol–water partition coefficient (Wildman–Crippen LogP) is 3.12. The molecule has 0 saturated carbocycles. The van der Waals surface area contributed by atoms with Gasteiger partial charge in [0.1, 0.15) is 0 Å². The van der Waals surface area contributed by atoms with Crippen molar-refractivity contribution in [1.29, 1.82) is 0 Å². The number of hydrogen-bond acceptors (Lipinski definition) is 1. The van der Waals surface area contributed by atoms with Gasteiger partial charge in [0.25, 0.3) is 0 Å². The van der Waals surface area contributed by atoms with Gasteiger partial charge in [-0.25, -0.2) is 4.39 Å². The first-order valence-corrected chi connectivity index (χ1v) is 5.69. The van der Waals surface area contributed by atoms with Crippen LogP contribution in [0.1, 0.15) is 6.42 Å². The molecule has 1 aliphatic rings. The van der Waals surface area contributed by atoms with Crippen molar-refractivity contribution in [3.63, 3.8) is 0 Å². The van der Waals surface area contributed by atoms with E-state index in [4.69, 9.17) is 29.6 Å². The van der Waals surface area contributed by atoms with Crippen LogP contribution in [0.3, 0.4) is 0 Å². The smallest absolute Gasteiger partial charge is 0.228 e. The highest BCUT2D eigenvalue weighted by Gasteiger charge is 2.31. The molecule has 0 spiro atoms. The quantitative estimate of drug-likeness (QED) is 0.568. The zero-order valence-corrected chi connectivity index (χ0v) is 10.2. The molecule has 0 radical (unpaired) electrons. The third-order valence-electron chi connectivity index (χ3n) is 2.63. The van der Waals surface area contributed by atoms with E-state index < -0.39 is 5.82 Å². The molecule has 1 fully saturated rings. The summed E-state index contributed by atoms with van der Waals surface area (Å²) < 4.78 is 13.8. The van der Waals surface area contributed by atoms with Crippen LogP contribution in [-0.2, 0) is 4.79 Å². The van der Waals surface area contributed by atoms with E-state index in [0.29, 0.717) is 6.54 Å². The number of terminal acetylenes is 1. The molecule has 88 valence electrons. The van der Waals surface area contributed by atoms with Crippen molar-refractivity contribution < 1.29 is 9.18 Å². The maximum Gasteiger partial charge on any atom is 0.228 e. The second-order valence-electron chi connectivity index (χ2n) is 3.79. The van der Waals surface area contributed by atoms with Crippen LogP contribution in [0.25, 0.3) is 0 Å². The van der Waals surface area contributed by atoms with Gasteiger partial charge in [0.05, 0.1) is 10.7 Å². The molecule has 0 bridgehead atoms. The van der Waals surface area contributed by atoms with Crippen LogP contribution in [0.4, 0.5) is 10.1 Å². The Morgan fingerprint density at radius 3 is 2.76 bits per heavy atom. The number of anilines is 1. The maximum atomic E-state index is 13.8. The van der Waals surface area contributed by atoms with Crippen LogP contribution in [0.2, 0.25) is 10.0 Å². The summed E-state index contributed by atoms with van der Waals surface area (Å²) in [6, 6.07) is 2.67. The highest BCUT2D eigenvalue weighted by atomic mass is 35.5. The summed E-state index contributed by atoms with van der Waals surface area (Å²) in [6.07, 6.45) is 5.48. The molecular weight excluding hydrogens is 264 g/mol. The van der Waals surface area contributed by atoms with Gasteiger partial charge in [-0.2, -0.15) is 0 Å². The van der Waals surface area contributed by atoms with E-state index >= 15 is 0 Å². The Kier molecular flexibility index (Phi) is 3.28. The molecule has 0 aliphatic carbocycles. The molecule has 1 heterocycles. The number of hydrogen-bond donors (Lipinski definition) is 0. The van der Waals surface area contributed by atoms with Crippen LogP contribution in [0, 0.1) is 24.1 Å². The van der Waals surface area contributed by atoms with E-state index in [-0.39, 0.29) is 34.0 Å². The molecule has 1 amide bonds. The number of halogens is 3. The lowest BCUT2D eigenvalue weighted by Gasteiger charge is -2.17. The molecule has 2 nitrogen and oxygen atoms in total. The normalized spacial score (nSPS) is 19.5. The van der Waals surface area contributed by atoms with Crippen molar-refractivity contribution in [1.82, 2.24) is 0 Å². The number of benzene rings is 1. The molecule has 1 atom stereocenters. The van der Waals surface area contributed by atoms with Gasteiger partial charge in [0, 0.05) is 23.9 Å². The molecule has 5 heteroatoms. The van der Waals surface area contributed by atoms with E-state index in [2.05, 4.69) is 5.92 Å². The third kappa shape index (κ3) is 2.24. The lowest BCUT2D eigenvalue weighted by Crippen LogP contribution is -2.25. The summed E-state index contributed by atoms with van der Waals surface area (Å²) in [5, 5.41) is 0.174. The largest absolute Gasteiger partial charge is 0.308 e. The number of rotatable bonds is 1. The average Bonchev–Trinajstić information content (AvgIpc) is 2.65. The minimum absolute atomic E-state index is 0.0882. The standard InChI is InChI=1S/C12H8Cl2FNO/c1-2-7-3-11(17)16(6-7)10-5-8(13)4-9(14)12(10)15/h1,4-5,7H,3,6H2. The van der Waals surface area contributed by atoms with E-state index in [1.165, 1.54) is 17.0 Å². The second-order valence-corrected chi connectivity index (χ2v) is 4.64. The fourth-order valence-electron chi connectivity index (χ4n) is 1.79. The molecule has 1 aliphatic heterocycles. The Morgan fingerprint density at radius 2 is 2.18 bits per heavy atom. The van der Waals surface area contributed by atoms with Crippen LogP contribution in [-0.4, -0.2) is 12.5 Å². The maximum absolute atomic E-state index is 13.8. The molecule has 1 saturated heterocycles. The molecular formula is C12H8Cl2FNO. The molecule has 1 aromatic rings. The fourth-order valence-corrected chi connectivity index (χ4v) is 2.27. The van der Waals surface area contributed by atoms with Crippen LogP contribution >= 0.6 is 23.2 Å². The number of nitrogens with zero attached hydrogens (tertiary/aromatic N) is 1. The van der Waals surface area contributed by atoms with E-state index in [1.807, 2.05) is 0 Å². The third-order valence-corrected chi connectivity index (χ3v) is 3.12. The Balaban J connectivity index is 2.42. The number of amides is 1. The first kappa shape index (κ1) is 12.2. The molecule has 0 N–H and O–H groups in total. The van der Waals surface area contributed by atoms with Gasteiger partial charge in [-0.1, -0.05) is 23.2 Å². The zero-order valence-electron chi connectivity index (χ0n) is 8.71. The van der Waals surface area contributed by atoms with Crippen LogP contribution < -0.4 is 4.90 Å². The molecule has 1 aromatic carbocycles. The van der Waals surface area contributed by atoms with Gasteiger partial charge in [0.15, 0.2) is 5.82 Å². The lowest BCUT2D eigenvalue weighted by atomic mass is 10.1. The monoisotopic (exact) mass is 271 g/mol. The van der Waals surface area contributed by atoms with E-state index in [9.17, 15) is 9.18 Å². The predicted molar refractivity (Wildman–Crippen MR) is 65.7 cm³/mol. The zero-order chi connectivity index (χ0) is 12.6. The van der Waals surface area contributed by atoms with Crippen LogP contribution in [0.5, 0.6) is 0 Å². The Hall–Kier alpha value is -1.24. The Morgan fingerprint density at radius 1 is 1.47 bits per heavy atom. The summed E-state index contributed by atoms with van der Waals surface area (Å²) in [5.41, 5.74) is 0.0882. The van der Waals surface area contributed by atoms with Gasteiger partial charge in [0.2, 0.25) is 5.91 Å². The summed E-state index contributed by atoms with van der Waals surface area (Å²) >= 11 is 11.5. The van der Waals surface area contributed by atoms with Crippen molar-refractivity contribution in [3.05, 3.63) is 28.0 Å². The summed E-state index contributed by atoms with van der Waals surface area (Å²) in [5.74, 6) is 1.43. The molecule has 2 rings (SSSR count). The van der Waals surface area contributed by atoms with Gasteiger partial charge in [-0.15, -0.1) is 12.3 Å². The molecule has 17 heavy (non-hydrogen) atoms. The number of carbonyl (C=O) groups excluding carboxylic acids is 1. The first-order valence-electron chi connectivity index (χ1n) is 4.94. The topological polar surface area (TPSA) is 20.3 Å². The van der Waals surface area contributed by atoms with Crippen molar-refractivity contribution in [2.75, 3.05) is 11.4 Å². The SMILES string of the molecule is C#CC1CC(=O)N(c2cc(Cl)cc(Cl)c2F)C1. The van der Waals surface area contributed by atoms with Crippen molar-refractivity contribution in [2.45, 2.75) is 6.42 Å². The number of carbonyl (C=O) groups is 1. The Bertz CT molecular complexity index is 524. The minimum Gasteiger partial charge on any atom is -0.308 e. The molecule has 1 unspecified atom stereocenters. The second kappa shape index (κ2) is 4.56. The Labute approximate surface area is 108 Å². The van der Waals surface area contributed by atoms with E-state index in [1.54, 1.807) is 0 Å². The van der Waals surface area contributed by atoms with Gasteiger partial charge in [-0.3, -0.25) is 4.79 Å². The van der Waals surface area contributed by atoms with Crippen molar-refractivity contribution >= 4 is 34.8 Å². The van der Waals surface area contributed by atoms with Gasteiger partial charge in [-0.05, 0) is 12.1 Å².